The van der Waals surface area contributed by atoms with E-state index in [0.717, 1.165) is 23.6 Å². The fourth-order valence-corrected chi connectivity index (χ4v) is 38.2. The molecule has 220 valence electrons. The van der Waals surface area contributed by atoms with E-state index in [1.165, 1.54) is 154 Å². The van der Waals surface area contributed by atoms with E-state index in [2.05, 4.69) is 6.92 Å². The molecule has 6 saturated carbocycles. The zero-order valence-corrected chi connectivity index (χ0v) is 28.0. The molecule has 0 saturated heterocycles. The minimum atomic E-state index is -3.09. The molecule has 1 atom stereocenters. The second-order valence-corrected chi connectivity index (χ2v) is 28.0. The molecule has 6 rings (SSSR count). The van der Waals surface area contributed by atoms with Crippen LogP contribution in [0.5, 0.6) is 0 Å². The topological polar surface area (TPSA) is 9.23 Å². The van der Waals surface area contributed by atoms with Crippen molar-refractivity contribution in [2.75, 3.05) is 6.61 Å². The Balaban J connectivity index is 1.65. The van der Waals surface area contributed by atoms with E-state index >= 15 is 0 Å². The van der Waals surface area contributed by atoms with Crippen molar-refractivity contribution in [2.24, 2.45) is 0 Å². The number of hydrogen-bond donors (Lipinski definition) is 0. The van der Waals surface area contributed by atoms with Crippen molar-refractivity contribution in [1.82, 2.24) is 0 Å². The molecule has 0 aromatic rings. The van der Waals surface area contributed by atoms with Gasteiger partial charge >= 0.3 is 247 Å². The van der Waals surface area contributed by atoms with Crippen LogP contribution in [0.15, 0.2) is 0 Å². The van der Waals surface area contributed by atoms with Gasteiger partial charge in [0.25, 0.3) is 0 Å². The molecule has 0 aromatic carbocycles. The molecule has 6 aliphatic rings. The summed E-state index contributed by atoms with van der Waals surface area (Å²) in [5.41, 5.74) is 4.47. The third-order valence-electron chi connectivity index (χ3n) is 13.4. The van der Waals surface area contributed by atoms with Gasteiger partial charge in [-0.15, -0.1) is 0 Å². The fraction of sp³-hybridized carbons (Fsp3) is 1.00. The van der Waals surface area contributed by atoms with Crippen LogP contribution >= 0.6 is 36.1 Å². The van der Waals surface area contributed by atoms with Crippen molar-refractivity contribution in [3.8, 4) is 0 Å². The van der Waals surface area contributed by atoms with Crippen LogP contribution < -0.4 is 0 Å². The Kier molecular flexibility index (Phi) is 9.17. The van der Waals surface area contributed by atoms with Gasteiger partial charge < -0.3 is 0 Å². The number of hydrogen-bond acceptors (Lipinski definition) is 1. The Morgan fingerprint density at radius 1 is 0.632 bits per heavy atom. The number of halogens is 2. The third kappa shape index (κ3) is 4.22. The van der Waals surface area contributed by atoms with Crippen LogP contribution in [0.3, 0.4) is 0 Å². The molecule has 6 aliphatic carbocycles. The maximum atomic E-state index is 9.32. The average Bonchev–Trinajstić information content (AvgIpc) is 3.76. The standard InChI is InChI=1S/C33H59Cl2OP2/c1-2-36-32(37(27-15-3-4-16-27,28-17-5-6-18-28)29-19-7-8-20-29)38(35,30-21-9-10-22-30,31-23-11-12-24-31)33(34)25-13-14-26-33/h27-32H,2-26H2,1H3/q+1. The van der Waals surface area contributed by atoms with Gasteiger partial charge in [0.2, 0.25) is 0 Å². The second-order valence-electron chi connectivity index (χ2n) is 14.7. The SMILES string of the molecule is CCOC([P+](C1CCCC1)(C1CCCC1)C1CCCC1)P(Cl)(C1CCCC1)(C1CCCC1)C1(Cl)CCCC1. The van der Waals surface area contributed by atoms with Gasteiger partial charge in [-0.05, 0) is 0 Å². The summed E-state index contributed by atoms with van der Waals surface area (Å²) in [6, 6.07) is 0. The Hall–Kier alpha value is 1.40. The summed E-state index contributed by atoms with van der Waals surface area (Å²) in [5.74, 6) is -3.09. The van der Waals surface area contributed by atoms with Gasteiger partial charge in [-0.2, -0.15) is 0 Å². The predicted octanol–water partition coefficient (Wildman–Crippen LogP) is 12.3. The van der Waals surface area contributed by atoms with E-state index in [1.807, 2.05) is 0 Å². The van der Waals surface area contributed by atoms with Crippen LogP contribution in [0, 0.1) is 0 Å². The van der Waals surface area contributed by atoms with Gasteiger partial charge in [0.15, 0.2) is 0 Å². The average molecular weight is 605 g/mol. The van der Waals surface area contributed by atoms with Gasteiger partial charge in [-0.25, -0.2) is 0 Å². The molecule has 0 bridgehead atoms. The maximum absolute atomic E-state index is 9.32. The molecule has 0 amide bonds. The Bertz CT molecular complexity index is 726. The number of alkyl halides is 1. The molecule has 0 radical (unpaired) electrons. The second kappa shape index (κ2) is 11.8. The molecule has 0 N–H and O–H groups in total. The first-order chi connectivity index (χ1) is 18.5. The van der Waals surface area contributed by atoms with Crippen molar-refractivity contribution in [3.05, 3.63) is 0 Å². The summed E-state index contributed by atoms with van der Waals surface area (Å²) in [7, 11) is -1.53. The third-order valence-corrected chi connectivity index (χ3v) is 34.8. The van der Waals surface area contributed by atoms with Gasteiger partial charge in [-0.1, -0.05) is 0 Å². The quantitative estimate of drug-likeness (QED) is 0.178. The van der Waals surface area contributed by atoms with Crippen molar-refractivity contribution in [3.63, 3.8) is 0 Å². The Morgan fingerprint density at radius 3 is 1.32 bits per heavy atom. The number of ether oxygens (including phenoxy) is 1. The van der Waals surface area contributed by atoms with Gasteiger partial charge in [-0.3, -0.25) is 0 Å². The van der Waals surface area contributed by atoms with Crippen LogP contribution in [0.4, 0.5) is 0 Å². The summed E-state index contributed by atoms with van der Waals surface area (Å²) in [6.07, 6.45) is 33.6. The van der Waals surface area contributed by atoms with E-state index in [0.29, 0.717) is 16.9 Å². The molecule has 1 unspecified atom stereocenters. The fourth-order valence-electron chi connectivity index (χ4n) is 12.1. The van der Waals surface area contributed by atoms with Crippen LogP contribution in [0.2, 0.25) is 0 Å². The van der Waals surface area contributed by atoms with Crippen molar-refractivity contribution < 1.29 is 4.74 Å². The molecule has 0 heterocycles. The molecule has 5 heteroatoms. The predicted molar refractivity (Wildman–Crippen MR) is 173 cm³/mol. The van der Waals surface area contributed by atoms with Crippen LogP contribution in [-0.4, -0.2) is 45.1 Å². The van der Waals surface area contributed by atoms with Crippen LogP contribution in [0.25, 0.3) is 0 Å². The Labute approximate surface area is 246 Å². The summed E-state index contributed by atoms with van der Waals surface area (Å²) in [4.78, 5) is 0. The summed E-state index contributed by atoms with van der Waals surface area (Å²) in [6.45, 7) is 3.19. The normalized spacial score (nSPS) is 31.0. The molecule has 0 spiro atoms. The van der Waals surface area contributed by atoms with Gasteiger partial charge in [0.05, 0.1) is 0 Å². The molecule has 38 heavy (non-hydrogen) atoms. The molecule has 0 aromatic heterocycles. The van der Waals surface area contributed by atoms with Crippen LogP contribution in [-0.2, 0) is 4.74 Å². The first-order valence-corrected chi connectivity index (χ1v) is 23.2. The molecule has 1 nitrogen and oxygen atoms in total. The summed E-state index contributed by atoms with van der Waals surface area (Å²) in [5, 5.41) is 0. The van der Waals surface area contributed by atoms with Crippen molar-refractivity contribution >= 4 is 36.1 Å². The van der Waals surface area contributed by atoms with Crippen LogP contribution in [0.1, 0.15) is 161 Å². The zero-order valence-electron chi connectivity index (χ0n) is 24.7. The first-order valence-electron chi connectivity index (χ1n) is 17.4. The zero-order chi connectivity index (χ0) is 26.3. The molecule has 6 fully saturated rings. The summed E-state index contributed by atoms with van der Waals surface area (Å²) < 4.78 is 7.54. The summed E-state index contributed by atoms with van der Waals surface area (Å²) >= 11 is 17.7. The van der Waals surface area contributed by atoms with E-state index < -0.39 is 13.2 Å². The minimum absolute atomic E-state index is 0.169. The van der Waals surface area contributed by atoms with Gasteiger partial charge in [0, 0.05) is 0 Å². The Morgan fingerprint density at radius 2 is 0.974 bits per heavy atom. The monoisotopic (exact) mass is 603 g/mol. The van der Waals surface area contributed by atoms with Crippen molar-refractivity contribution in [1.29, 1.82) is 0 Å². The molecular weight excluding hydrogens is 545 g/mol. The molecular formula is C33H59Cl2OP2+. The van der Waals surface area contributed by atoms with Crippen molar-refractivity contribution in [2.45, 2.75) is 200 Å². The first kappa shape index (κ1) is 29.5. The van der Waals surface area contributed by atoms with E-state index in [4.69, 9.17) is 16.3 Å². The van der Waals surface area contributed by atoms with E-state index in [-0.39, 0.29) is 4.62 Å². The number of rotatable bonds is 10. The van der Waals surface area contributed by atoms with E-state index in [9.17, 15) is 11.2 Å². The molecule has 0 aliphatic heterocycles. The van der Waals surface area contributed by atoms with Gasteiger partial charge in [0.1, 0.15) is 0 Å². The van der Waals surface area contributed by atoms with E-state index in [1.54, 1.807) is 0 Å².